The third kappa shape index (κ3) is 1.68. The summed E-state index contributed by atoms with van der Waals surface area (Å²) in [5.41, 5.74) is 5.28. The Morgan fingerprint density at radius 2 is 2.21 bits per heavy atom. The number of rotatable bonds is 2. The van der Waals surface area contributed by atoms with Gasteiger partial charge in [-0.15, -0.1) is 0 Å². The van der Waals surface area contributed by atoms with Crippen LogP contribution in [0.3, 0.4) is 0 Å². The highest BCUT2D eigenvalue weighted by Gasteiger charge is 2.30. The molecule has 1 aliphatic heterocycles. The quantitative estimate of drug-likeness (QED) is 0.888. The maximum Gasteiger partial charge on any atom is 0.133 e. The summed E-state index contributed by atoms with van der Waals surface area (Å²) in [6, 6.07) is 8.59. The number of nitrogens with zero attached hydrogens (tertiary/aromatic N) is 2. The van der Waals surface area contributed by atoms with Crippen LogP contribution in [0.5, 0.6) is 0 Å². The van der Waals surface area contributed by atoms with Crippen molar-refractivity contribution in [1.82, 2.24) is 9.78 Å². The van der Waals surface area contributed by atoms with Gasteiger partial charge < -0.3 is 5.32 Å². The van der Waals surface area contributed by atoms with E-state index in [9.17, 15) is 0 Å². The van der Waals surface area contributed by atoms with Crippen LogP contribution in [0.25, 0.3) is 5.69 Å². The smallest absolute Gasteiger partial charge is 0.133 e. The monoisotopic (exact) mass is 253 g/mol. The van der Waals surface area contributed by atoms with Crippen molar-refractivity contribution in [3.8, 4) is 5.69 Å². The molecule has 0 saturated heterocycles. The first-order valence-corrected chi connectivity index (χ1v) is 7.25. The van der Waals surface area contributed by atoms with E-state index in [0.717, 1.165) is 13.0 Å². The summed E-state index contributed by atoms with van der Waals surface area (Å²) in [5, 5.41) is 8.43. The average Bonchev–Trinajstić information content (AvgIpc) is 2.90. The summed E-state index contributed by atoms with van der Waals surface area (Å²) in [4.78, 5) is 0. The topological polar surface area (TPSA) is 29.9 Å². The van der Waals surface area contributed by atoms with E-state index < -0.39 is 0 Å². The number of nitrogens with one attached hydrogen (secondary N) is 1. The van der Waals surface area contributed by atoms with Crippen molar-refractivity contribution in [2.24, 2.45) is 0 Å². The second kappa shape index (κ2) is 4.12. The Morgan fingerprint density at radius 1 is 1.32 bits per heavy atom. The molecule has 0 atom stereocenters. The number of hydrogen-bond acceptors (Lipinski definition) is 2. The second-order valence-electron chi connectivity index (χ2n) is 5.77. The Morgan fingerprint density at radius 3 is 2.95 bits per heavy atom. The van der Waals surface area contributed by atoms with Crippen molar-refractivity contribution in [3.05, 3.63) is 41.1 Å². The summed E-state index contributed by atoms with van der Waals surface area (Å²) in [7, 11) is 0. The number of aromatic nitrogens is 2. The molecule has 2 heterocycles. The van der Waals surface area contributed by atoms with Gasteiger partial charge in [-0.05, 0) is 43.9 Å². The van der Waals surface area contributed by atoms with Crippen LogP contribution in [-0.2, 0) is 6.42 Å². The molecular weight excluding hydrogens is 234 g/mol. The van der Waals surface area contributed by atoms with Gasteiger partial charge in [0.15, 0.2) is 0 Å². The number of hydrogen-bond donors (Lipinski definition) is 1. The first-order chi connectivity index (χ1) is 9.33. The van der Waals surface area contributed by atoms with Crippen molar-refractivity contribution in [2.45, 2.75) is 38.5 Å². The lowest BCUT2D eigenvalue weighted by Crippen LogP contribution is -2.12. The zero-order valence-corrected chi connectivity index (χ0v) is 11.3. The highest BCUT2D eigenvalue weighted by Crippen LogP contribution is 2.41. The lowest BCUT2D eigenvalue weighted by atomic mass is 9.81. The first-order valence-electron chi connectivity index (χ1n) is 7.25. The van der Waals surface area contributed by atoms with Gasteiger partial charge in [-0.25, -0.2) is 4.68 Å². The van der Waals surface area contributed by atoms with Crippen LogP contribution < -0.4 is 5.32 Å². The van der Waals surface area contributed by atoms with Crippen LogP contribution in [0.1, 0.15) is 42.0 Å². The minimum atomic E-state index is 0.708. The van der Waals surface area contributed by atoms with Crippen LogP contribution in [0.15, 0.2) is 24.3 Å². The number of fused-ring (bicyclic) bond motifs is 1. The molecule has 98 valence electrons. The summed E-state index contributed by atoms with van der Waals surface area (Å²) >= 11 is 0. The van der Waals surface area contributed by atoms with E-state index in [1.165, 1.54) is 47.6 Å². The van der Waals surface area contributed by atoms with E-state index in [0.29, 0.717) is 5.92 Å². The molecule has 2 aliphatic rings. The summed E-state index contributed by atoms with van der Waals surface area (Å²) < 4.78 is 2.11. The predicted molar refractivity (Wildman–Crippen MR) is 77.1 cm³/mol. The number of anilines is 1. The van der Waals surface area contributed by atoms with Crippen molar-refractivity contribution in [2.75, 3.05) is 11.9 Å². The number of benzene rings is 1. The largest absolute Gasteiger partial charge is 0.369 e. The van der Waals surface area contributed by atoms with E-state index in [-0.39, 0.29) is 0 Å². The molecule has 1 fully saturated rings. The lowest BCUT2D eigenvalue weighted by molar-refractivity contribution is 0.407. The van der Waals surface area contributed by atoms with Gasteiger partial charge in [0.2, 0.25) is 0 Å². The van der Waals surface area contributed by atoms with Gasteiger partial charge in [0, 0.05) is 18.0 Å². The molecule has 3 nitrogen and oxygen atoms in total. The van der Waals surface area contributed by atoms with E-state index in [2.05, 4.69) is 41.2 Å². The zero-order chi connectivity index (χ0) is 12.8. The molecule has 0 spiro atoms. The highest BCUT2D eigenvalue weighted by atomic mass is 15.3. The Labute approximate surface area is 113 Å². The van der Waals surface area contributed by atoms with Crippen molar-refractivity contribution < 1.29 is 0 Å². The average molecular weight is 253 g/mol. The maximum atomic E-state index is 4.92. The highest BCUT2D eigenvalue weighted by molar-refractivity contribution is 5.58. The van der Waals surface area contributed by atoms with Gasteiger partial charge in [0.05, 0.1) is 11.4 Å². The van der Waals surface area contributed by atoms with Crippen LogP contribution in [0, 0.1) is 6.92 Å². The first kappa shape index (κ1) is 11.1. The maximum absolute atomic E-state index is 4.92. The molecule has 1 N–H and O–H groups in total. The van der Waals surface area contributed by atoms with E-state index in [4.69, 9.17) is 5.10 Å². The minimum absolute atomic E-state index is 0.708. The summed E-state index contributed by atoms with van der Waals surface area (Å²) in [6.45, 7) is 3.19. The predicted octanol–water partition coefficient (Wildman–Crippen LogP) is 3.42. The minimum Gasteiger partial charge on any atom is -0.369 e. The van der Waals surface area contributed by atoms with Gasteiger partial charge in [-0.3, -0.25) is 0 Å². The van der Waals surface area contributed by atoms with Crippen molar-refractivity contribution in [1.29, 1.82) is 0 Å². The molecule has 0 amide bonds. The van der Waals surface area contributed by atoms with E-state index in [1.54, 1.807) is 0 Å². The van der Waals surface area contributed by atoms with Gasteiger partial charge in [-0.2, -0.15) is 5.10 Å². The SMILES string of the molecule is Cc1cccc(-n2nc(C3CCC3)c3c2NCC3)c1. The summed E-state index contributed by atoms with van der Waals surface area (Å²) in [5.74, 6) is 1.94. The van der Waals surface area contributed by atoms with Crippen LogP contribution >= 0.6 is 0 Å². The van der Waals surface area contributed by atoms with Gasteiger partial charge >= 0.3 is 0 Å². The molecule has 1 aliphatic carbocycles. The molecule has 2 aromatic rings. The fourth-order valence-corrected chi connectivity index (χ4v) is 3.16. The lowest BCUT2D eigenvalue weighted by Gasteiger charge is -2.24. The van der Waals surface area contributed by atoms with Crippen molar-refractivity contribution >= 4 is 5.82 Å². The van der Waals surface area contributed by atoms with Gasteiger partial charge in [-0.1, -0.05) is 18.6 Å². The van der Waals surface area contributed by atoms with Crippen LogP contribution in [0.4, 0.5) is 5.82 Å². The molecule has 19 heavy (non-hydrogen) atoms. The molecule has 1 aromatic heterocycles. The third-order valence-electron chi connectivity index (χ3n) is 4.42. The molecule has 0 radical (unpaired) electrons. The van der Waals surface area contributed by atoms with E-state index in [1.807, 2.05) is 0 Å². The van der Waals surface area contributed by atoms with Gasteiger partial charge in [0.1, 0.15) is 5.82 Å². The molecule has 1 saturated carbocycles. The molecule has 0 bridgehead atoms. The molecule has 3 heteroatoms. The molecule has 0 unspecified atom stereocenters. The fourth-order valence-electron chi connectivity index (χ4n) is 3.16. The Kier molecular flexibility index (Phi) is 2.40. The standard InChI is InChI=1S/C16H19N3/c1-11-4-2-7-13(10-11)19-16-14(8-9-17-16)15(18-19)12-5-3-6-12/h2,4,7,10,12,17H,3,5-6,8-9H2,1H3. The second-order valence-corrected chi connectivity index (χ2v) is 5.77. The van der Waals surface area contributed by atoms with Crippen LogP contribution in [0.2, 0.25) is 0 Å². The normalized spacial score (nSPS) is 17.9. The summed E-state index contributed by atoms with van der Waals surface area (Å²) in [6.07, 6.45) is 5.13. The number of aryl methyl sites for hydroxylation is 1. The Bertz CT molecular complexity index is 623. The van der Waals surface area contributed by atoms with Crippen LogP contribution in [-0.4, -0.2) is 16.3 Å². The molecular formula is C16H19N3. The zero-order valence-electron chi connectivity index (χ0n) is 11.3. The van der Waals surface area contributed by atoms with Gasteiger partial charge in [0.25, 0.3) is 0 Å². The van der Waals surface area contributed by atoms with Crippen molar-refractivity contribution in [3.63, 3.8) is 0 Å². The Balaban J connectivity index is 1.84. The fraction of sp³-hybridized carbons (Fsp3) is 0.438. The third-order valence-corrected chi connectivity index (χ3v) is 4.42. The Hall–Kier alpha value is -1.77. The van der Waals surface area contributed by atoms with E-state index >= 15 is 0 Å². The molecule has 1 aromatic carbocycles. The molecule has 4 rings (SSSR count).